The highest BCUT2D eigenvalue weighted by Gasteiger charge is 2.15. The van der Waals surface area contributed by atoms with Crippen molar-refractivity contribution in [1.82, 2.24) is 0 Å². The van der Waals surface area contributed by atoms with Gasteiger partial charge in [0, 0.05) is 9.26 Å². The number of allylic oxidation sites excluding steroid dienone is 2. The Morgan fingerprint density at radius 1 is 1.40 bits per heavy atom. The van der Waals surface area contributed by atoms with Crippen LogP contribution >= 0.6 is 22.6 Å². The number of rotatable bonds is 5. The highest BCUT2D eigenvalue weighted by atomic mass is 127. The molecule has 0 saturated carbocycles. The molecule has 1 aliphatic carbocycles. The summed E-state index contributed by atoms with van der Waals surface area (Å²) in [6, 6.07) is 7.44. The lowest BCUT2D eigenvalue weighted by Crippen LogP contribution is -2.21. The molecule has 0 heterocycles. The Kier molecular flexibility index (Phi) is 5.58. The van der Waals surface area contributed by atoms with Gasteiger partial charge in [0.1, 0.15) is 0 Å². The lowest BCUT2D eigenvalue weighted by molar-refractivity contribution is -0.147. The Bertz CT molecular complexity index is 528. The second-order valence-corrected chi connectivity index (χ2v) is 5.93. The zero-order valence-electron chi connectivity index (χ0n) is 11.0. The van der Waals surface area contributed by atoms with Crippen molar-refractivity contribution in [1.29, 1.82) is 0 Å². The van der Waals surface area contributed by atoms with Gasteiger partial charge in [-0.05, 0) is 59.5 Å². The maximum Gasteiger partial charge on any atom is 0.306 e. The Morgan fingerprint density at radius 2 is 2.25 bits per heavy atom. The molecule has 0 unspecified atom stereocenters. The molecule has 1 N–H and O–H groups in total. The molecule has 5 heteroatoms. The van der Waals surface area contributed by atoms with Gasteiger partial charge in [0.15, 0.2) is 6.61 Å². The van der Waals surface area contributed by atoms with E-state index in [1.54, 1.807) is 6.07 Å². The molecule has 0 aliphatic heterocycles. The summed E-state index contributed by atoms with van der Waals surface area (Å²) in [5.74, 6) is -0.372. The van der Waals surface area contributed by atoms with E-state index in [-0.39, 0.29) is 24.4 Å². The van der Waals surface area contributed by atoms with Crippen LogP contribution in [0.25, 0.3) is 0 Å². The van der Waals surface area contributed by atoms with E-state index in [1.807, 2.05) is 24.3 Å². The summed E-state index contributed by atoms with van der Waals surface area (Å²) in [5, 5.41) is 2.70. The number of anilines is 1. The summed E-state index contributed by atoms with van der Waals surface area (Å²) in [4.78, 5) is 23.2. The molecular weight excluding hydrogens is 369 g/mol. The Labute approximate surface area is 131 Å². The number of nitrogens with one attached hydrogen (secondary N) is 1. The van der Waals surface area contributed by atoms with E-state index in [2.05, 4.69) is 34.0 Å². The van der Waals surface area contributed by atoms with Crippen LogP contribution in [0.15, 0.2) is 36.4 Å². The minimum atomic E-state index is -0.320. The molecule has 106 valence electrons. The largest absolute Gasteiger partial charge is 0.456 e. The van der Waals surface area contributed by atoms with Crippen molar-refractivity contribution in [2.45, 2.75) is 19.3 Å². The maximum absolute atomic E-state index is 11.7. The van der Waals surface area contributed by atoms with Gasteiger partial charge in [0.05, 0.1) is 6.42 Å². The van der Waals surface area contributed by atoms with Crippen molar-refractivity contribution in [3.05, 3.63) is 40.0 Å². The number of ether oxygens (including phenoxy) is 1. The van der Waals surface area contributed by atoms with Crippen LogP contribution in [-0.4, -0.2) is 18.5 Å². The molecule has 0 aromatic heterocycles. The first-order valence-corrected chi connectivity index (χ1v) is 7.59. The predicted molar refractivity (Wildman–Crippen MR) is 85.2 cm³/mol. The molecular formula is C15H16INO3. The SMILES string of the molecule is O=C(COC(=O)C[C@H]1C=CCC1)Nc1cccc(I)c1. The zero-order chi connectivity index (χ0) is 14.4. The van der Waals surface area contributed by atoms with Gasteiger partial charge in [-0.2, -0.15) is 0 Å². The van der Waals surface area contributed by atoms with E-state index < -0.39 is 0 Å². The minimum Gasteiger partial charge on any atom is -0.456 e. The molecule has 1 aliphatic rings. The fourth-order valence-electron chi connectivity index (χ4n) is 2.05. The van der Waals surface area contributed by atoms with Gasteiger partial charge in [-0.25, -0.2) is 0 Å². The quantitative estimate of drug-likeness (QED) is 0.482. The number of esters is 1. The Balaban J connectivity index is 1.71. The highest BCUT2D eigenvalue weighted by molar-refractivity contribution is 14.1. The summed E-state index contributed by atoms with van der Waals surface area (Å²) < 4.78 is 6.01. The predicted octanol–water partition coefficient (Wildman–Crippen LogP) is 3.13. The minimum absolute atomic E-state index is 0.235. The Morgan fingerprint density at radius 3 is 2.95 bits per heavy atom. The highest BCUT2D eigenvalue weighted by Crippen LogP contribution is 2.20. The lowest BCUT2D eigenvalue weighted by atomic mass is 10.1. The first kappa shape index (κ1) is 15.0. The molecule has 1 aromatic rings. The van der Waals surface area contributed by atoms with Crippen LogP contribution in [0.4, 0.5) is 5.69 Å². The standard InChI is InChI=1S/C15H16INO3/c16-12-6-3-7-13(9-12)17-14(18)10-20-15(19)8-11-4-1-2-5-11/h1,3-4,6-7,9,11H,2,5,8,10H2,(H,17,18)/t11-/m0/s1. The van der Waals surface area contributed by atoms with Crippen molar-refractivity contribution in [2.75, 3.05) is 11.9 Å². The average Bonchev–Trinajstić information content (AvgIpc) is 2.89. The zero-order valence-corrected chi connectivity index (χ0v) is 13.1. The van der Waals surface area contributed by atoms with Crippen LogP contribution < -0.4 is 5.32 Å². The molecule has 0 bridgehead atoms. The first-order valence-electron chi connectivity index (χ1n) is 6.51. The number of halogens is 1. The third kappa shape index (κ3) is 4.96. The molecule has 1 amide bonds. The number of carbonyl (C=O) groups excluding carboxylic acids is 2. The van der Waals surface area contributed by atoms with Crippen molar-refractivity contribution in [3.63, 3.8) is 0 Å². The van der Waals surface area contributed by atoms with Crippen LogP contribution in [0, 0.1) is 9.49 Å². The third-order valence-corrected chi connectivity index (χ3v) is 3.68. The summed E-state index contributed by atoms with van der Waals surface area (Å²) >= 11 is 2.17. The molecule has 2 rings (SSSR count). The summed E-state index contributed by atoms with van der Waals surface area (Å²) in [6.07, 6.45) is 6.47. The van der Waals surface area contributed by atoms with E-state index in [1.165, 1.54) is 0 Å². The molecule has 0 radical (unpaired) electrons. The molecule has 0 spiro atoms. The van der Waals surface area contributed by atoms with Crippen LogP contribution in [0.2, 0.25) is 0 Å². The van der Waals surface area contributed by atoms with E-state index in [0.717, 1.165) is 16.4 Å². The monoisotopic (exact) mass is 385 g/mol. The number of amides is 1. The molecule has 0 saturated heterocycles. The topological polar surface area (TPSA) is 55.4 Å². The van der Waals surface area contributed by atoms with Gasteiger partial charge in [-0.3, -0.25) is 9.59 Å². The molecule has 1 atom stereocenters. The first-order chi connectivity index (χ1) is 9.63. The smallest absolute Gasteiger partial charge is 0.306 e. The maximum atomic E-state index is 11.7. The fraction of sp³-hybridized carbons (Fsp3) is 0.333. The number of hydrogen-bond acceptors (Lipinski definition) is 3. The second kappa shape index (κ2) is 7.42. The molecule has 20 heavy (non-hydrogen) atoms. The van der Waals surface area contributed by atoms with Gasteiger partial charge in [-0.15, -0.1) is 0 Å². The lowest BCUT2D eigenvalue weighted by Gasteiger charge is -2.09. The van der Waals surface area contributed by atoms with Crippen molar-refractivity contribution in [2.24, 2.45) is 5.92 Å². The van der Waals surface area contributed by atoms with E-state index >= 15 is 0 Å². The van der Waals surface area contributed by atoms with E-state index in [9.17, 15) is 9.59 Å². The van der Waals surface area contributed by atoms with Crippen molar-refractivity contribution in [3.8, 4) is 0 Å². The summed E-state index contributed by atoms with van der Waals surface area (Å²) in [7, 11) is 0. The van der Waals surface area contributed by atoms with Gasteiger partial charge in [-0.1, -0.05) is 18.2 Å². The van der Waals surface area contributed by atoms with E-state index in [4.69, 9.17) is 4.74 Å². The van der Waals surface area contributed by atoms with Gasteiger partial charge >= 0.3 is 5.97 Å². The average molecular weight is 385 g/mol. The van der Waals surface area contributed by atoms with Crippen molar-refractivity contribution >= 4 is 40.2 Å². The number of hydrogen-bond donors (Lipinski definition) is 1. The van der Waals surface area contributed by atoms with Crippen molar-refractivity contribution < 1.29 is 14.3 Å². The van der Waals surface area contributed by atoms with Crippen LogP contribution in [0.3, 0.4) is 0 Å². The molecule has 0 fully saturated rings. The Hall–Kier alpha value is -1.37. The number of carbonyl (C=O) groups is 2. The van der Waals surface area contributed by atoms with Crippen LogP contribution in [0.5, 0.6) is 0 Å². The second-order valence-electron chi connectivity index (χ2n) is 4.69. The van der Waals surface area contributed by atoms with Gasteiger partial charge in [0.25, 0.3) is 5.91 Å². The van der Waals surface area contributed by atoms with Crippen LogP contribution in [-0.2, 0) is 14.3 Å². The van der Waals surface area contributed by atoms with Gasteiger partial charge in [0.2, 0.25) is 0 Å². The van der Waals surface area contributed by atoms with Crippen LogP contribution in [0.1, 0.15) is 19.3 Å². The third-order valence-electron chi connectivity index (χ3n) is 3.01. The molecule has 1 aromatic carbocycles. The van der Waals surface area contributed by atoms with E-state index in [0.29, 0.717) is 12.1 Å². The summed E-state index contributed by atoms with van der Waals surface area (Å²) in [5.41, 5.74) is 0.705. The number of benzene rings is 1. The summed E-state index contributed by atoms with van der Waals surface area (Å²) in [6.45, 7) is -0.235. The normalized spacial score (nSPS) is 16.9. The fourth-order valence-corrected chi connectivity index (χ4v) is 2.59. The van der Waals surface area contributed by atoms with Gasteiger partial charge < -0.3 is 10.1 Å². The molecule has 4 nitrogen and oxygen atoms in total.